The molecule has 1 atom stereocenters. The van der Waals surface area contributed by atoms with Crippen LogP contribution in [0, 0.1) is 5.92 Å². The number of nitrogens with one attached hydrogen (secondary N) is 1. The van der Waals surface area contributed by atoms with Crippen LogP contribution >= 0.6 is 11.6 Å². The smallest absolute Gasteiger partial charge is 0.222 e. The Labute approximate surface area is 147 Å². The molecule has 0 saturated carbocycles. The number of benzene rings is 1. The van der Waals surface area contributed by atoms with Gasteiger partial charge >= 0.3 is 0 Å². The Balaban J connectivity index is 1.40. The molecule has 0 bridgehead atoms. The van der Waals surface area contributed by atoms with Crippen molar-refractivity contribution in [1.29, 1.82) is 0 Å². The van der Waals surface area contributed by atoms with Crippen LogP contribution in [0.1, 0.15) is 24.5 Å². The number of anilines is 1. The molecule has 3 rings (SSSR count). The van der Waals surface area contributed by atoms with E-state index in [0.717, 1.165) is 38.0 Å². The highest BCUT2D eigenvalue weighted by Gasteiger charge is 2.21. The van der Waals surface area contributed by atoms with Gasteiger partial charge in [0.15, 0.2) is 0 Å². The van der Waals surface area contributed by atoms with Crippen LogP contribution in [0.15, 0.2) is 42.7 Å². The number of β-amino-alcohol motifs (C(OH)–C–C–N with tert-alkyl or cyclic N) is 1. The molecule has 2 N–H and O–H groups in total. The van der Waals surface area contributed by atoms with E-state index in [1.165, 1.54) is 0 Å². The molecular weight excluding hydrogens is 324 g/mol. The topological polar surface area (TPSA) is 61.3 Å². The molecule has 24 heavy (non-hydrogen) atoms. The molecule has 5 nitrogen and oxygen atoms in total. The minimum Gasteiger partial charge on any atom is -0.387 e. The number of aliphatic hydroxyl groups is 1. The fraction of sp³-hybridized carbons (Fsp3) is 0.444. The Bertz CT molecular complexity index is 615. The summed E-state index contributed by atoms with van der Waals surface area (Å²) < 4.78 is 0. The van der Waals surface area contributed by atoms with Crippen molar-refractivity contribution in [3.8, 4) is 0 Å². The molecule has 0 unspecified atom stereocenters. The first-order valence-electron chi connectivity index (χ1n) is 8.37. The first-order valence-corrected chi connectivity index (χ1v) is 8.75. The van der Waals surface area contributed by atoms with E-state index in [9.17, 15) is 5.11 Å². The number of aliphatic hydroxyl groups excluding tert-OH is 1. The van der Waals surface area contributed by atoms with Crippen LogP contribution in [-0.4, -0.2) is 46.2 Å². The molecule has 1 fully saturated rings. The van der Waals surface area contributed by atoms with Gasteiger partial charge in [0.05, 0.1) is 23.5 Å². The summed E-state index contributed by atoms with van der Waals surface area (Å²) >= 11 is 5.78. The standard InChI is InChI=1S/C18H23ClN4O/c19-16-11-21-18(22-12-16)20-10-14-6-8-23(9-7-14)13-17(24)15-4-2-1-3-5-15/h1-5,11-12,14,17,24H,6-10,13H2,(H,20,21,22)/t17-/m0/s1. The van der Waals surface area contributed by atoms with Gasteiger partial charge in [-0.3, -0.25) is 0 Å². The number of piperidine rings is 1. The van der Waals surface area contributed by atoms with E-state index >= 15 is 0 Å². The summed E-state index contributed by atoms with van der Waals surface area (Å²) in [6.45, 7) is 3.59. The van der Waals surface area contributed by atoms with Gasteiger partial charge in [-0.25, -0.2) is 9.97 Å². The molecule has 0 aliphatic carbocycles. The van der Waals surface area contributed by atoms with Gasteiger partial charge in [0.2, 0.25) is 5.95 Å². The molecule has 6 heteroatoms. The zero-order valence-corrected chi connectivity index (χ0v) is 14.4. The lowest BCUT2D eigenvalue weighted by Crippen LogP contribution is -2.38. The SMILES string of the molecule is O[C@@H](CN1CCC(CNc2ncc(Cl)cn2)CC1)c1ccccc1. The fourth-order valence-electron chi connectivity index (χ4n) is 3.04. The predicted molar refractivity (Wildman–Crippen MR) is 96.1 cm³/mol. The maximum atomic E-state index is 10.3. The molecule has 1 aromatic heterocycles. The molecule has 0 amide bonds. The van der Waals surface area contributed by atoms with Crippen molar-refractivity contribution in [2.75, 3.05) is 31.5 Å². The Morgan fingerprint density at radius 3 is 2.50 bits per heavy atom. The molecule has 2 aromatic rings. The maximum absolute atomic E-state index is 10.3. The van der Waals surface area contributed by atoms with Crippen LogP contribution < -0.4 is 5.32 Å². The lowest BCUT2D eigenvalue weighted by molar-refractivity contribution is 0.0909. The van der Waals surface area contributed by atoms with Gasteiger partial charge < -0.3 is 15.3 Å². The van der Waals surface area contributed by atoms with E-state index in [2.05, 4.69) is 20.2 Å². The number of likely N-dealkylation sites (tertiary alicyclic amines) is 1. The molecule has 1 saturated heterocycles. The van der Waals surface area contributed by atoms with Gasteiger partial charge in [-0.05, 0) is 37.4 Å². The third-order valence-electron chi connectivity index (χ3n) is 4.49. The molecular formula is C18H23ClN4O. The summed E-state index contributed by atoms with van der Waals surface area (Å²) in [7, 11) is 0. The molecule has 1 aromatic carbocycles. The van der Waals surface area contributed by atoms with Gasteiger partial charge in [-0.15, -0.1) is 0 Å². The fourth-order valence-corrected chi connectivity index (χ4v) is 3.14. The third-order valence-corrected chi connectivity index (χ3v) is 4.69. The number of rotatable bonds is 6. The van der Waals surface area contributed by atoms with E-state index in [4.69, 9.17) is 11.6 Å². The molecule has 128 valence electrons. The Morgan fingerprint density at radius 2 is 1.83 bits per heavy atom. The molecule has 1 aliphatic heterocycles. The van der Waals surface area contributed by atoms with Crippen molar-refractivity contribution in [2.45, 2.75) is 18.9 Å². The predicted octanol–water partition coefficient (Wildman–Crippen LogP) is 2.99. The van der Waals surface area contributed by atoms with Crippen LogP contribution in [0.2, 0.25) is 5.02 Å². The maximum Gasteiger partial charge on any atom is 0.222 e. The summed E-state index contributed by atoms with van der Waals surface area (Å²) in [5, 5.41) is 14.2. The summed E-state index contributed by atoms with van der Waals surface area (Å²) in [5.41, 5.74) is 0.987. The minimum atomic E-state index is -0.414. The first-order chi connectivity index (χ1) is 11.7. The minimum absolute atomic E-state index is 0.414. The summed E-state index contributed by atoms with van der Waals surface area (Å²) in [6.07, 6.45) is 5.02. The van der Waals surface area contributed by atoms with Gasteiger partial charge in [-0.2, -0.15) is 0 Å². The zero-order chi connectivity index (χ0) is 16.8. The van der Waals surface area contributed by atoms with Crippen molar-refractivity contribution < 1.29 is 5.11 Å². The second-order valence-electron chi connectivity index (χ2n) is 6.28. The van der Waals surface area contributed by atoms with Crippen LogP contribution in [0.25, 0.3) is 0 Å². The average molecular weight is 347 g/mol. The summed E-state index contributed by atoms with van der Waals surface area (Å²) in [6, 6.07) is 9.87. The van der Waals surface area contributed by atoms with E-state index in [-0.39, 0.29) is 0 Å². The van der Waals surface area contributed by atoms with Gasteiger partial charge in [0.25, 0.3) is 0 Å². The van der Waals surface area contributed by atoms with Crippen LogP contribution in [0.5, 0.6) is 0 Å². The van der Waals surface area contributed by atoms with Gasteiger partial charge in [-0.1, -0.05) is 41.9 Å². The highest BCUT2D eigenvalue weighted by atomic mass is 35.5. The normalized spacial score (nSPS) is 17.6. The highest BCUT2D eigenvalue weighted by Crippen LogP contribution is 2.21. The van der Waals surface area contributed by atoms with Crippen molar-refractivity contribution in [1.82, 2.24) is 14.9 Å². The Morgan fingerprint density at radius 1 is 1.17 bits per heavy atom. The first kappa shape index (κ1) is 17.1. The summed E-state index contributed by atoms with van der Waals surface area (Å²) in [4.78, 5) is 10.6. The van der Waals surface area contributed by atoms with Crippen molar-refractivity contribution >= 4 is 17.5 Å². The number of hydrogen-bond acceptors (Lipinski definition) is 5. The summed E-state index contributed by atoms with van der Waals surface area (Å²) in [5.74, 6) is 1.23. The molecule has 2 heterocycles. The van der Waals surface area contributed by atoms with Crippen LogP contribution in [0.3, 0.4) is 0 Å². The van der Waals surface area contributed by atoms with E-state index in [1.807, 2.05) is 30.3 Å². The molecule has 1 aliphatic rings. The second kappa shape index (κ2) is 8.42. The van der Waals surface area contributed by atoms with E-state index in [0.29, 0.717) is 23.4 Å². The number of hydrogen-bond donors (Lipinski definition) is 2. The van der Waals surface area contributed by atoms with Crippen molar-refractivity contribution in [2.24, 2.45) is 5.92 Å². The third kappa shape index (κ3) is 4.90. The van der Waals surface area contributed by atoms with E-state index < -0.39 is 6.10 Å². The lowest BCUT2D eigenvalue weighted by atomic mass is 9.96. The average Bonchev–Trinajstić information content (AvgIpc) is 2.63. The highest BCUT2D eigenvalue weighted by molar-refractivity contribution is 6.30. The lowest BCUT2D eigenvalue weighted by Gasteiger charge is -2.33. The number of nitrogens with zero attached hydrogens (tertiary/aromatic N) is 3. The van der Waals surface area contributed by atoms with E-state index in [1.54, 1.807) is 12.4 Å². The zero-order valence-electron chi connectivity index (χ0n) is 13.6. The quantitative estimate of drug-likeness (QED) is 0.842. The second-order valence-corrected chi connectivity index (χ2v) is 6.71. The largest absolute Gasteiger partial charge is 0.387 e. The van der Waals surface area contributed by atoms with Crippen LogP contribution in [0.4, 0.5) is 5.95 Å². The Hall–Kier alpha value is -1.69. The molecule has 0 spiro atoms. The van der Waals surface area contributed by atoms with Gasteiger partial charge in [0.1, 0.15) is 0 Å². The Kier molecular flexibility index (Phi) is 6.01. The van der Waals surface area contributed by atoms with Gasteiger partial charge in [0, 0.05) is 13.1 Å². The number of halogens is 1. The van der Waals surface area contributed by atoms with Crippen molar-refractivity contribution in [3.63, 3.8) is 0 Å². The number of aromatic nitrogens is 2. The molecule has 0 radical (unpaired) electrons. The van der Waals surface area contributed by atoms with Crippen LogP contribution in [-0.2, 0) is 0 Å². The monoisotopic (exact) mass is 346 g/mol. The van der Waals surface area contributed by atoms with Crippen molar-refractivity contribution in [3.05, 3.63) is 53.3 Å².